The van der Waals surface area contributed by atoms with Gasteiger partial charge >= 0.3 is 0 Å². The summed E-state index contributed by atoms with van der Waals surface area (Å²) in [5, 5.41) is 0. The third-order valence-corrected chi connectivity index (χ3v) is 3.91. The van der Waals surface area contributed by atoms with Crippen LogP contribution in [0.25, 0.3) is 0 Å². The maximum absolute atomic E-state index is 14.1. The van der Waals surface area contributed by atoms with Gasteiger partial charge < -0.3 is 0 Å². The smallest absolute Gasteiger partial charge is 0.132 e. The fourth-order valence-corrected chi connectivity index (χ4v) is 2.65. The predicted molar refractivity (Wildman–Crippen MR) is 79.1 cm³/mol. The van der Waals surface area contributed by atoms with Crippen molar-refractivity contribution in [2.75, 3.05) is 0 Å². The van der Waals surface area contributed by atoms with E-state index in [1.165, 1.54) is 12.1 Å². The maximum atomic E-state index is 14.1. The summed E-state index contributed by atoms with van der Waals surface area (Å²) >= 11 is 3.07. The van der Waals surface area contributed by atoms with E-state index in [1.54, 1.807) is 0 Å². The standard InChI is InChI=1S/C15H15BrF2N2/c1-8-4-3-5-11(9(8)2)15(20-19)14-12(17)6-10(16)7-13(14)18/h3-7,15,20H,19H2,1-2H3. The molecule has 0 fully saturated rings. The highest BCUT2D eigenvalue weighted by atomic mass is 79.9. The first-order valence-corrected chi connectivity index (χ1v) is 6.91. The number of benzene rings is 2. The van der Waals surface area contributed by atoms with E-state index in [4.69, 9.17) is 5.84 Å². The molecule has 2 nitrogen and oxygen atoms in total. The molecule has 0 heterocycles. The summed E-state index contributed by atoms with van der Waals surface area (Å²) in [7, 11) is 0. The zero-order valence-electron chi connectivity index (χ0n) is 11.2. The van der Waals surface area contributed by atoms with Gasteiger partial charge in [0.15, 0.2) is 0 Å². The second kappa shape index (κ2) is 5.99. The first-order valence-electron chi connectivity index (χ1n) is 6.12. The molecule has 1 unspecified atom stereocenters. The molecule has 2 rings (SSSR count). The van der Waals surface area contributed by atoms with Crippen LogP contribution < -0.4 is 11.3 Å². The van der Waals surface area contributed by atoms with Crippen molar-refractivity contribution in [3.8, 4) is 0 Å². The molecule has 20 heavy (non-hydrogen) atoms. The quantitative estimate of drug-likeness (QED) is 0.656. The molecule has 0 saturated carbocycles. The van der Waals surface area contributed by atoms with Gasteiger partial charge in [-0.3, -0.25) is 5.84 Å². The third-order valence-electron chi connectivity index (χ3n) is 3.46. The second-order valence-electron chi connectivity index (χ2n) is 4.67. The molecule has 0 spiro atoms. The van der Waals surface area contributed by atoms with Gasteiger partial charge in [0.1, 0.15) is 11.6 Å². The molecule has 0 aliphatic carbocycles. The molecule has 0 saturated heterocycles. The monoisotopic (exact) mass is 340 g/mol. The molecule has 0 bridgehead atoms. The van der Waals surface area contributed by atoms with Crippen LogP contribution in [0.2, 0.25) is 0 Å². The molecule has 5 heteroatoms. The zero-order chi connectivity index (χ0) is 14.9. The van der Waals surface area contributed by atoms with Crippen LogP contribution in [0.3, 0.4) is 0 Å². The van der Waals surface area contributed by atoms with Gasteiger partial charge in [0, 0.05) is 10.0 Å². The summed E-state index contributed by atoms with van der Waals surface area (Å²) in [4.78, 5) is 0. The van der Waals surface area contributed by atoms with E-state index in [9.17, 15) is 8.78 Å². The summed E-state index contributed by atoms with van der Waals surface area (Å²) in [6.45, 7) is 3.85. The molecular weight excluding hydrogens is 326 g/mol. The highest BCUT2D eigenvalue weighted by Crippen LogP contribution is 2.31. The Morgan fingerprint density at radius 3 is 2.30 bits per heavy atom. The average molecular weight is 341 g/mol. The minimum atomic E-state index is -0.733. The van der Waals surface area contributed by atoms with Crippen molar-refractivity contribution in [3.05, 3.63) is 68.7 Å². The number of hydrazine groups is 1. The molecule has 0 aliphatic heterocycles. The highest BCUT2D eigenvalue weighted by Gasteiger charge is 2.23. The SMILES string of the molecule is Cc1cccc(C(NN)c2c(F)cc(Br)cc2F)c1C. The van der Waals surface area contributed by atoms with E-state index in [2.05, 4.69) is 21.4 Å². The summed E-state index contributed by atoms with van der Waals surface area (Å²) in [6.07, 6.45) is 0. The van der Waals surface area contributed by atoms with Gasteiger partial charge in [-0.2, -0.15) is 0 Å². The van der Waals surface area contributed by atoms with Gasteiger partial charge in [-0.1, -0.05) is 34.1 Å². The van der Waals surface area contributed by atoms with Crippen molar-refractivity contribution >= 4 is 15.9 Å². The van der Waals surface area contributed by atoms with E-state index < -0.39 is 17.7 Å². The van der Waals surface area contributed by atoms with Gasteiger partial charge in [-0.25, -0.2) is 14.2 Å². The number of halogens is 3. The lowest BCUT2D eigenvalue weighted by atomic mass is 9.92. The van der Waals surface area contributed by atoms with Crippen LogP contribution in [0, 0.1) is 25.5 Å². The van der Waals surface area contributed by atoms with Crippen LogP contribution in [0.4, 0.5) is 8.78 Å². The van der Waals surface area contributed by atoms with Gasteiger partial charge in [0.2, 0.25) is 0 Å². The van der Waals surface area contributed by atoms with Crippen molar-refractivity contribution in [2.24, 2.45) is 5.84 Å². The Kier molecular flexibility index (Phi) is 4.52. The molecule has 0 amide bonds. The summed E-state index contributed by atoms with van der Waals surface area (Å²) in [5.74, 6) is 4.26. The molecule has 0 aromatic heterocycles. The van der Waals surface area contributed by atoms with Crippen LogP contribution in [0.15, 0.2) is 34.8 Å². The normalized spacial score (nSPS) is 12.5. The number of rotatable bonds is 3. The fraction of sp³-hybridized carbons (Fsp3) is 0.200. The number of hydrogen-bond donors (Lipinski definition) is 2. The molecular formula is C15H15BrF2N2. The number of aryl methyl sites for hydroxylation is 1. The number of hydrogen-bond acceptors (Lipinski definition) is 2. The van der Waals surface area contributed by atoms with Crippen LogP contribution in [-0.4, -0.2) is 0 Å². The Morgan fingerprint density at radius 2 is 1.75 bits per heavy atom. The molecule has 0 radical (unpaired) electrons. The van der Waals surface area contributed by atoms with Gasteiger partial charge in [-0.05, 0) is 42.7 Å². The summed E-state index contributed by atoms with van der Waals surface area (Å²) in [5.41, 5.74) is 5.18. The minimum Gasteiger partial charge on any atom is -0.271 e. The Balaban J connectivity index is 2.62. The van der Waals surface area contributed by atoms with Crippen molar-refractivity contribution < 1.29 is 8.78 Å². The lowest BCUT2D eigenvalue weighted by Crippen LogP contribution is -2.31. The van der Waals surface area contributed by atoms with Crippen molar-refractivity contribution in [3.63, 3.8) is 0 Å². The van der Waals surface area contributed by atoms with Crippen LogP contribution in [0.5, 0.6) is 0 Å². The van der Waals surface area contributed by atoms with Gasteiger partial charge in [0.25, 0.3) is 0 Å². The van der Waals surface area contributed by atoms with Crippen LogP contribution >= 0.6 is 15.9 Å². The average Bonchev–Trinajstić information content (AvgIpc) is 2.37. The van der Waals surface area contributed by atoms with Crippen molar-refractivity contribution in [1.82, 2.24) is 5.43 Å². The Labute approximate surface area is 125 Å². The third kappa shape index (κ3) is 2.75. The lowest BCUT2D eigenvalue weighted by molar-refractivity contribution is 0.508. The van der Waals surface area contributed by atoms with E-state index >= 15 is 0 Å². The minimum absolute atomic E-state index is 0.0793. The Morgan fingerprint density at radius 1 is 1.15 bits per heavy atom. The number of nitrogens with two attached hydrogens (primary N) is 1. The van der Waals surface area contributed by atoms with E-state index in [0.29, 0.717) is 4.47 Å². The topological polar surface area (TPSA) is 38.0 Å². The molecule has 3 N–H and O–H groups in total. The molecule has 0 aliphatic rings. The first kappa shape index (κ1) is 15.1. The van der Waals surface area contributed by atoms with E-state index in [-0.39, 0.29) is 5.56 Å². The van der Waals surface area contributed by atoms with Crippen LogP contribution in [0.1, 0.15) is 28.3 Å². The molecule has 2 aromatic carbocycles. The zero-order valence-corrected chi connectivity index (χ0v) is 12.8. The van der Waals surface area contributed by atoms with Gasteiger partial charge in [0.05, 0.1) is 6.04 Å². The Bertz CT molecular complexity index is 621. The van der Waals surface area contributed by atoms with Crippen molar-refractivity contribution in [2.45, 2.75) is 19.9 Å². The van der Waals surface area contributed by atoms with Crippen LogP contribution in [-0.2, 0) is 0 Å². The predicted octanol–water partition coefficient (Wildman–Crippen LogP) is 3.90. The largest absolute Gasteiger partial charge is 0.271 e. The molecule has 106 valence electrons. The fourth-order valence-electron chi connectivity index (χ4n) is 2.24. The summed E-state index contributed by atoms with van der Waals surface area (Å²) < 4.78 is 28.6. The number of nitrogens with one attached hydrogen (secondary N) is 1. The van der Waals surface area contributed by atoms with Gasteiger partial charge in [-0.15, -0.1) is 0 Å². The Hall–Kier alpha value is -1.30. The lowest BCUT2D eigenvalue weighted by Gasteiger charge is -2.21. The molecule has 1 atom stereocenters. The highest BCUT2D eigenvalue weighted by molar-refractivity contribution is 9.10. The second-order valence-corrected chi connectivity index (χ2v) is 5.59. The first-order chi connectivity index (χ1) is 9.45. The summed E-state index contributed by atoms with van der Waals surface area (Å²) in [6, 6.07) is 7.33. The molecule has 2 aromatic rings. The van der Waals surface area contributed by atoms with E-state index in [0.717, 1.165) is 16.7 Å². The maximum Gasteiger partial charge on any atom is 0.132 e. The van der Waals surface area contributed by atoms with E-state index in [1.807, 2.05) is 32.0 Å². The van der Waals surface area contributed by atoms with Crippen molar-refractivity contribution in [1.29, 1.82) is 0 Å².